The Morgan fingerprint density at radius 3 is 1.06 bits per heavy atom. The van der Waals surface area contributed by atoms with Crippen molar-refractivity contribution in [3.63, 3.8) is 0 Å². The van der Waals surface area contributed by atoms with Gasteiger partial charge in [-0.25, -0.2) is 0 Å². The third kappa shape index (κ3) is 8.43. The molecule has 0 N–H and O–H groups in total. The van der Waals surface area contributed by atoms with Gasteiger partial charge in [0.25, 0.3) is 0 Å². The van der Waals surface area contributed by atoms with E-state index in [1.54, 1.807) is 0 Å². The van der Waals surface area contributed by atoms with E-state index in [4.69, 9.17) is 25.3 Å². The Kier molecular flexibility index (Phi) is 12.3. The Bertz CT molecular complexity index is 336. The summed E-state index contributed by atoms with van der Waals surface area (Å²) in [6.07, 6.45) is 0. The Hall–Kier alpha value is 0.711. The second-order valence-corrected chi connectivity index (χ2v) is 3.84. The average molecular weight is 384 g/mol. The van der Waals surface area contributed by atoms with E-state index in [2.05, 4.69) is 0 Å². The fourth-order valence-electron chi connectivity index (χ4n) is 1.15. The molecule has 0 saturated carbocycles. The van der Waals surface area contributed by atoms with E-state index in [0.717, 1.165) is 11.5 Å². The number of hydrogen-bond acceptors (Lipinski definition) is 2. The van der Waals surface area contributed by atoms with Gasteiger partial charge in [-0.05, 0) is 0 Å². The Balaban J connectivity index is 0.000000284. The standard InChI is InChI=1S/2C7H8S.Ba/c2*8-6-7-4-2-1-3-5-7;/h2*1-5,8H,6H2;/q;;+2/p-2. The van der Waals surface area contributed by atoms with Crippen molar-refractivity contribution in [2.75, 3.05) is 0 Å². The molecule has 84 valence electrons. The molecule has 2 rings (SSSR count). The minimum absolute atomic E-state index is 0. The molecule has 0 spiro atoms. The fraction of sp³-hybridized carbons (Fsp3) is 0.143. The molecular formula is C14H14BaS2. The normalized spacial score (nSPS) is 8.59. The molecule has 2 aromatic carbocycles. The minimum atomic E-state index is 0. The first-order valence-corrected chi connectivity index (χ1v) is 6.26. The molecule has 2 aromatic rings. The first-order chi connectivity index (χ1) is 7.86. The zero-order chi connectivity index (χ0) is 11.6. The molecule has 0 saturated heterocycles. The molecule has 0 heterocycles. The molecule has 0 nitrogen and oxygen atoms in total. The minimum Gasteiger partial charge on any atom is -0.788 e. The van der Waals surface area contributed by atoms with E-state index >= 15 is 0 Å². The summed E-state index contributed by atoms with van der Waals surface area (Å²) >= 11 is 9.64. The van der Waals surface area contributed by atoms with Crippen LogP contribution in [-0.4, -0.2) is 48.9 Å². The van der Waals surface area contributed by atoms with Gasteiger partial charge in [-0.3, -0.25) is 0 Å². The van der Waals surface area contributed by atoms with Gasteiger partial charge in [0.05, 0.1) is 0 Å². The molecule has 0 aromatic heterocycles. The molecule has 0 fully saturated rings. The summed E-state index contributed by atoms with van der Waals surface area (Å²) in [6.45, 7) is 0. The van der Waals surface area contributed by atoms with Crippen LogP contribution in [0.5, 0.6) is 0 Å². The van der Waals surface area contributed by atoms with Crippen molar-refractivity contribution in [3.05, 3.63) is 71.8 Å². The van der Waals surface area contributed by atoms with E-state index in [9.17, 15) is 0 Å². The molecule has 0 amide bonds. The van der Waals surface area contributed by atoms with Gasteiger partial charge in [0.1, 0.15) is 0 Å². The first kappa shape index (κ1) is 17.7. The molecule has 0 aliphatic heterocycles. The second kappa shape index (κ2) is 11.8. The summed E-state index contributed by atoms with van der Waals surface area (Å²) in [5, 5.41) is 0. The van der Waals surface area contributed by atoms with Crippen LogP contribution in [0.3, 0.4) is 0 Å². The van der Waals surface area contributed by atoms with Crippen molar-refractivity contribution >= 4 is 74.1 Å². The number of hydrogen-bond donors (Lipinski definition) is 0. The molecule has 0 radical (unpaired) electrons. The molecule has 0 aliphatic carbocycles. The van der Waals surface area contributed by atoms with Crippen LogP contribution >= 0.6 is 0 Å². The van der Waals surface area contributed by atoms with Gasteiger partial charge in [-0.1, -0.05) is 71.8 Å². The van der Waals surface area contributed by atoms with E-state index in [1.165, 1.54) is 11.1 Å². The maximum absolute atomic E-state index is 4.82. The van der Waals surface area contributed by atoms with Crippen molar-refractivity contribution in [2.45, 2.75) is 11.5 Å². The van der Waals surface area contributed by atoms with Crippen molar-refractivity contribution in [3.8, 4) is 0 Å². The van der Waals surface area contributed by atoms with Crippen LogP contribution in [0.2, 0.25) is 0 Å². The topological polar surface area (TPSA) is 0 Å². The monoisotopic (exact) mass is 384 g/mol. The smallest absolute Gasteiger partial charge is 0.788 e. The molecule has 3 heteroatoms. The van der Waals surface area contributed by atoms with Crippen LogP contribution in [0.4, 0.5) is 0 Å². The van der Waals surface area contributed by atoms with Gasteiger partial charge >= 0.3 is 48.9 Å². The van der Waals surface area contributed by atoms with Crippen LogP contribution in [0.25, 0.3) is 0 Å². The predicted octanol–water partition coefficient (Wildman–Crippen LogP) is 3.09. The molecule has 0 unspecified atom stereocenters. The van der Waals surface area contributed by atoms with E-state index in [1.807, 2.05) is 60.7 Å². The third-order valence-corrected chi connectivity index (χ3v) is 2.69. The third-order valence-electron chi connectivity index (χ3n) is 2.02. The van der Waals surface area contributed by atoms with Crippen LogP contribution < -0.4 is 0 Å². The van der Waals surface area contributed by atoms with Crippen molar-refractivity contribution < 1.29 is 0 Å². The van der Waals surface area contributed by atoms with Gasteiger partial charge in [0, 0.05) is 0 Å². The Morgan fingerprint density at radius 2 is 0.882 bits per heavy atom. The van der Waals surface area contributed by atoms with Crippen molar-refractivity contribution in [1.29, 1.82) is 0 Å². The second-order valence-electron chi connectivity index (χ2n) is 3.26. The zero-order valence-corrected chi connectivity index (χ0v) is 15.8. The van der Waals surface area contributed by atoms with Gasteiger partial charge in [-0.2, -0.15) is 11.5 Å². The maximum Gasteiger partial charge on any atom is 2.00 e. The average Bonchev–Trinajstić information content (AvgIpc) is 2.41. The Morgan fingerprint density at radius 1 is 0.588 bits per heavy atom. The maximum atomic E-state index is 4.82. The van der Waals surface area contributed by atoms with Crippen LogP contribution in [0.15, 0.2) is 60.7 Å². The fourth-order valence-corrected chi connectivity index (χ4v) is 1.53. The zero-order valence-electron chi connectivity index (χ0n) is 9.71. The summed E-state index contributed by atoms with van der Waals surface area (Å²) < 4.78 is 0. The van der Waals surface area contributed by atoms with Crippen LogP contribution in [0, 0.1) is 0 Å². The van der Waals surface area contributed by atoms with Crippen molar-refractivity contribution in [2.24, 2.45) is 0 Å². The van der Waals surface area contributed by atoms with E-state index < -0.39 is 0 Å². The summed E-state index contributed by atoms with van der Waals surface area (Å²) in [5.41, 5.74) is 2.45. The number of rotatable bonds is 2. The predicted molar refractivity (Wildman–Crippen MR) is 80.8 cm³/mol. The van der Waals surface area contributed by atoms with Crippen LogP contribution in [-0.2, 0) is 36.8 Å². The van der Waals surface area contributed by atoms with Crippen molar-refractivity contribution in [1.82, 2.24) is 0 Å². The quantitative estimate of drug-likeness (QED) is 0.577. The van der Waals surface area contributed by atoms with Gasteiger partial charge < -0.3 is 25.3 Å². The Labute approximate surface area is 155 Å². The summed E-state index contributed by atoms with van der Waals surface area (Å²) in [7, 11) is 0. The molecule has 0 atom stereocenters. The largest absolute Gasteiger partial charge is 2.00 e. The molecular weight excluding hydrogens is 370 g/mol. The van der Waals surface area contributed by atoms with E-state index in [-0.39, 0.29) is 48.9 Å². The molecule has 0 bridgehead atoms. The van der Waals surface area contributed by atoms with Gasteiger partial charge in [-0.15, -0.1) is 0 Å². The SMILES string of the molecule is [Ba+2].[S-]Cc1ccccc1.[S-]Cc1ccccc1. The van der Waals surface area contributed by atoms with E-state index in [0.29, 0.717) is 0 Å². The summed E-state index contributed by atoms with van der Waals surface area (Å²) in [5.74, 6) is 1.45. The first-order valence-electron chi connectivity index (χ1n) is 5.11. The van der Waals surface area contributed by atoms with Gasteiger partial charge in [0.15, 0.2) is 0 Å². The number of benzene rings is 2. The summed E-state index contributed by atoms with van der Waals surface area (Å²) in [4.78, 5) is 0. The summed E-state index contributed by atoms with van der Waals surface area (Å²) in [6, 6.07) is 20.1. The molecule has 17 heavy (non-hydrogen) atoms. The molecule has 0 aliphatic rings. The van der Waals surface area contributed by atoms with Crippen LogP contribution in [0.1, 0.15) is 11.1 Å². The van der Waals surface area contributed by atoms with Gasteiger partial charge in [0.2, 0.25) is 0 Å².